The average molecular weight is 342 g/mol. The Morgan fingerprint density at radius 1 is 1.30 bits per heavy atom. The standard InChI is InChI=1S/C13H16BrN3O3/c14-9-5-8(12(18)19)6-11(7-9)16-13(20)17-3-1-10(15)2-4-17/h5-7,10H,1-4,15H2,(H,16,20)(H,18,19). The number of carbonyl (C=O) groups excluding carboxylic acids is 1. The van der Waals surface area contributed by atoms with Crippen LogP contribution in [0, 0.1) is 0 Å². The van der Waals surface area contributed by atoms with Crippen molar-refractivity contribution < 1.29 is 14.7 Å². The van der Waals surface area contributed by atoms with Crippen molar-refractivity contribution in [2.75, 3.05) is 18.4 Å². The van der Waals surface area contributed by atoms with Crippen molar-refractivity contribution in [3.05, 3.63) is 28.2 Å². The highest BCUT2D eigenvalue weighted by Crippen LogP contribution is 2.20. The van der Waals surface area contributed by atoms with Crippen LogP contribution >= 0.6 is 15.9 Å². The predicted octanol–water partition coefficient (Wildman–Crippen LogP) is 2.10. The first-order valence-electron chi connectivity index (χ1n) is 6.31. The Labute approximate surface area is 125 Å². The fourth-order valence-electron chi connectivity index (χ4n) is 2.09. The minimum absolute atomic E-state index is 0.121. The van der Waals surface area contributed by atoms with E-state index < -0.39 is 5.97 Å². The second-order valence-electron chi connectivity index (χ2n) is 4.79. The molecule has 1 aliphatic heterocycles. The third-order valence-electron chi connectivity index (χ3n) is 3.22. The van der Waals surface area contributed by atoms with E-state index in [1.165, 1.54) is 12.1 Å². The topological polar surface area (TPSA) is 95.7 Å². The Bertz CT molecular complexity index is 528. The SMILES string of the molecule is NC1CCN(C(=O)Nc2cc(Br)cc(C(=O)O)c2)CC1. The van der Waals surface area contributed by atoms with Gasteiger partial charge in [-0.1, -0.05) is 15.9 Å². The summed E-state index contributed by atoms with van der Waals surface area (Å²) in [4.78, 5) is 24.7. The Morgan fingerprint density at radius 3 is 2.55 bits per heavy atom. The Hall–Kier alpha value is -1.60. The summed E-state index contributed by atoms with van der Waals surface area (Å²) < 4.78 is 0.605. The van der Waals surface area contributed by atoms with Crippen molar-refractivity contribution in [3.63, 3.8) is 0 Å². The molecule has 0 bridgehead atoms. The number of aromatic carboxylic acids is 1. The summed E-state index contributed by atoms with van der Waals surface area (Å²) in [6.45, 7) is 1.24. The number of rotatable bonds is 2. The van der Waals surface area contributed by atoms with Gasteiger partial charge >= 0.3 is 12.0 Å². The number of carboxylic acid groups (broad SMARTS) is 1. The molecule has 108 valence electrons. The van der Waals surface area contributed by atoms with Crippen LogP contribution in [0.3, 0.4) is 0 Å². The minimum atomic E-state index is -1.04. The number of carbonyl (C=O) groups is 2. The quantitative estimate of drug-likeness (QED) is 0.767. The molecule has 1 aliphatic rings. The second-order valence-corrected chi connectivity index (χ2v) is 5.70. The number of amides is 2. The van der Waals surface area contributed by atoms with Crippen LogP contribution in [-0.4, -0.2) is 41.1 Å². The molecule has 1 saturated heterocycles. The number of nitrogens with two attached hydrogens (primary N) is 1. The highest BCUT2D eigenvalue weighted by atomic mass is 79.9. The Kier molecular flexibility index (Phi) is 4.61. The average Bonchev–Trinajstić information content (AvgIpc) is 2.38. The van der Waals surface area contributed by atoms with E-state index >= 15 is 0 Å². The first-order valence-corrected chi connectivity index (χ1v) is 7.10. The number of carboxylic acids is 1. The van der Waals surface area contributed by atoms with Crippen molar-refractivity contribution in [1.29, 1.82) is 0 Å². The first-order chi connectivity index (χ1) is 9.45. The molecule has 0 atom stereocenters. The zero-order chi connectivity index (χ0) is 14.7. The van der Waals surface area contributed by atoms with E-state index in [9.17, 15) is 9.59 Å². The van der Waals surface area contributed by atoms with Crippen LogP contribution in [0.4, 0.5) is 10.5 Å². The van der Waals surface area contributed by atoms with Crippen LogP contribution in [0.5, 0.6) is 0 Å². The van der Waals surface area contributed by atoms with Crippen molar-refractivity contribution in [2.24, 2.45) is 5.73 Å². The maximum Gasteiger partial charge on any atom is 0.335 e. The van der Waals surface area contributed by atoms with Gasteiger partial charge in [0.25, 0.3) is 0 Å². The number of hydrogen-bond donors (Lipinski definition) is 3. The fourth-order valence-corrected chi connectivity index (χ4v) is 2.58. The number of hydrogen-bond acceptors (Lipinski definition) is 3. The normalized spacial score (nSPS) is 16.0. The number of nitrogens with zero attached hydrogens (tertiary/aromatic N) is 1. The largest absolute Gasteiger partial charge is 0.478 e. The van der Waals surface area contributed by atoms with Crippen molar-refractivity contribution >= 4 is 33.6 Å². The fraction of sp³-hybridized carbons (Fsp3) is 0.385. The molecule has 7 heteroatoms. The van der Waals surface area contributed by atoms with Crippen molar-refractivity contribution in [2.45, 2.75) is 18.9 Å². The number of anilines is 1. The highest BCUT2D eigenvalue weighted by Gasteiger charge is 2.20. The zero-order valence-electron chi connectivity index (χ0n) is 10.8. The molecule has 2 amide bonds. The molecule has 6 nitrogen and oxygen atoms in total. The third-order valence-corrected chi connectivity index (χ3v) is 3.68. The Balaban J connectivity index is 2.06. The third kappa shape index (κ3) is 3.71. The molecule has 0 saturated carbocycles. The van der Waals surface area contributed by atoms with Gasteiger partial charge in [-0.05, 0) is 31.0 Å². The van der Waals surface area contributed by atoms with Crippen LogP contribution in [0.2, 0.25) is 0 Å². The zero-order valence-corrected chi connectivity index (χ0v) is 12.4. The van der Waals surface area contributed by atoms with Gasteiger partial charge in [0, 0.05) is 29.3 Å². The van der Waals surface area contributed by atoms with Crippen LogP contribution in [0.1, 0.15) is 23.2 Å². The number of piperidine rings is 1. The van der Waals surface area contributed by atoms with Gasteiger partial charge in [-0.25, -0.2) is 9.59 Å². The molecule has 1 heterocycles. The predicted molar refractivity (Wildman–Crippen MR) is 78.9 cm³/mol. The lowest BCUT2D eigenvalue weighted by Gasteiger charge is -2.30. The van der Waals surface area contributed by atoms with E-state index in [-0.39, 0.29) is 17.6 Å². The van der Waals surface area contributed by atoms with Gasteiger partial charge < -0.3 is 21.1 Å². The number of urea groups is 1. The van der Waals surface area contributed by atoms with Gasteiger partial charge in [0.1, 0.15) is 0 Å². The maximum atomic E-state index is 12.1. The summed E-state index contributed by atoms with van der Waals surface area (Å²) in [6.07, 6.45) is 1.57. The molecular formula is C13H16BrN3O3. The summed E-state index contributed by atoms with van der Waals surface area (Å²) in [5.74, 6) is -1.04. The maximum absolute atomic E-state index is 12.1. The lowest BCUT2D eigenvalue weighted by Crippen LogP contribution is -2.44. The lowest BCUT2D eigenvalue weighted by atomic mass is 10.1. The molecule has 0 unspecified atom stereocenters. The van der Waals surface area contributed by atoms with E-state index in [2.05, 4.69) is 21.2 Å². The molecule has 4 N–H and O–H groups in total. The molecule has 20 heavy (non-hydrogen) atoms. The molecule has 0 aliphatic carbocycles. The minimum Gasteiger partial charge on any atom is -0.478 e. The van der Waals surface area contributed by atoms with E-state index in [4.69, 9.17) is 10.8 Å². The first kappa shape index (κ1) is 14.8. The van der Waals surface area contributed by atoms with Gasteiger partial charge in [0.15, 0.2) is 0 Å². The van der Waals surface area contributed by atoms with E-state index in [1.54, 1.807) is 11.0 Å². The molecule has 0 radical (unpaired) electrons. The number of benzene rings is 1. The summed E-state index contributed by atoms with van der Waals surface area (Å²) in [7, 11) is 0. The summed E-state index contributed by atoms with van der Waals surface area (Å²) in [5, 5.41) is 11.7. The number of halogens is 1. The highest BCUT2D eigenvalue weighted by molar-refractivity contribution is 9.10. The monoisotopic (exact) mass is 341 g/mol. The number of likely N-dealkylation sites (tertiary alicyclic amines) is 1. The number of nitrogens with one attached hydrogen (secondary N) is 1. The van der Waals surface area contributed by atoms with Crippen molar-refractivity contribution in [3.8, 4) is 0 Å². The van der Waals surface area contributed by atoms with Crippen LogP contribution in [0.15, 0.2) is 22.7 Å². The van der Waals surface area contributed by atoms with E-state index in [0.29, 0.717) is 23.2 Å². The molecule has 1 aromatic carbocycles. The van der Waals surface area contributed by atoms with Gasteiger partial charge in [-0.15, -0.1) is 0 Å². The van der Waals surface area contributed by atoms with Gasteiger partial charge in [-0.2, -0.15) is 0 Å². The molecule has 1 aromatic rings. The summed E-state index contributed by atoms with van der Waals surface area (Å²) >= 11 is 3.23. The second kappa shape index (κ2) is 6.23. The van der Waals surface area contributed by atoms with Crippen LogP contribution in [-0.2, 0) is 0 Å². The molecule has 1 fully saturated rings. The van der Waals surface area contributed by atoms with E-state index in [1.807, 2.05) is 0 Å². The Morgan fingerprint density at radius 2 is 1.95 bits per heavy atom. The van der Waals surface area contributed by atoms with E-state index in [0.717, 1.165) is 12.8 Å². The smallest absolute Gasteiger partial charge is 0.335 e. The molecular weight excluding hydrogens is 326 g/mol. The van der Waals surface area contributed by atoms with Gasteiger partial charge in [0.05, 0.1) is 5.56 Å². The summed E-state index contributed by atoms with van der Waals surface area (Å²) in [6, 6.07) is 4.51. The van der Waals surface area contributed by atoms with Crippen molar-refractivity contribution in [1.82, 2.24) is 4.90 Å². The molecule has 2 rings (SSSR count). The van der Waals surface area contributed by atoms with Crippen LogP contribution < -0.4 is 11.1 Å². The molecule has 0 spiro atoms. The van der Waals surface area contributed by atoms with Crippen LogP contribution in [0.25, 0.3) is 0 Å². The van der Waals surface area contributed by atoms with Gasteiger partial charge in [0.2, 0.25) is 0 Å². The summed E-state index contributed by atoms with van der Waals surface area (Å²) in [5.41, 5.74) is 6.37. The van der Waals surface area contributed by atoms with Gasteiger partial charge in [-0.3, -0.25) is 0 Å². The lowest BCUT2D eigenvalue weighted by molar-refractivity contribution is 0.0696. The molecule has 0 aromatic heterocycles.